The lowest BCUT2D eigenvalue weighted by molar-refractivity contribution is -0.121. The number of fused-ring (bicyclic) bond motifs is 1. The van der Waals surface area contributed by atoms with E-state index < -0.39 is 5.63 Å². The van der Waals surface area contributed by atoms with Gasteiger partial charge in [0.2, 0.25) is 0 Å². The largest absolute Gasteiger partial charge is 0.508 e. The van der Waals surface area contributed by atoms with Crippen molar-refractivity contribution in [2.45, 2.75) is 6.42 Å². The first-order chi connectivity index (χ1) is 13.0. The molecule has 3 rings (SSSR count). The van der Waals surface area contributed by atoms with Crippen LogP contribution < -0.4 is 5.63 Å². The Morgan fingerprint density at radius 2 is 1.48 bits per heavy atom. The number of carbonyl (C=O) groups is 2. The highest BCUT2D eigenvalue weighted by atomic mass is 16.4. The van der Waals surface area contributed by atoms with Crippen LogP contribution in [0.5, 0.6) is 5.75 Å². The lowest BCUT2D eigenvalue weighted by Crippen LogP contribution is -2.01. The van der Waals surface area contributed by atoms with Crippen LogP contribution in [0.15, 0.2) is 76.0 Å². The van der Waals surface area contributed by atoms with Gasteiger partial charge in [-0.2, -0.15) is 0 Å². The van der Waals surface area contributed by atoms with Crippen LogP contribution >= 0.6 is 0 Å². The first-order valence-corrected chi connectivity index (χ1v) is 8.24. The minimum absolute atomic E-state index is 0.148. The van der Waals surface area contributed by atoms with Gasteiger partial charge in [0.15, 0.2) is 11.6 Å². The number of ketones is 2. The smallest absolute Gasteiger partial charge is 0.336 e. The van der Waals surface area contributed by atoms with Crippen LogP contribution in [0.1, 0.15) is 17.5 Å². The van der Waals surface area contributed by atoms with Gasteiger partial charge in [0.1, 0.15) is 11.3 Å². The second-order valence-electron chi connectivity index (χ2n) is 5.92. The van der Waals surface area contributed by atoms with Crippen molar-refractivity contribution in [2.24, 2.45) is 0 Å². The van der Waals surface area contributed by atoms with Crippen molar-refractivity contribution in [3.63, 3.8) is 0 Å². The van der Waals surface area contributed by atoms with E-state index in [1.165, 1.54) is 30.4 Å². The Balaban J connectivity index is 1.61. The van der Waals surface area contributed by atoms with Crippen LogP contribution in [0.4, 0.5) is 0 Å². The van der Waals surface area contributed by atoms with Crippen LogP contribution in [0, 0.1) is 0 Å². The van der Waals surface area contributed by atoms with Crippen molar-refractivity contribution in [3.05, 3.63) is 88.3 Å². The maximum atomic E-state index is 12.0. The molecule has 1 heterocycles. The van der Waals surface area contributed by atoms with Gasteiger partial charge >= 0.3 is 5.63 Å². The Morgan fingerprint density at radius 1 is 0.852 bits per heavy atom. The lowest BCUT2D eigenvalue weighted by atomic mass is 10.1. The van der Waals surface area contributed by atoms with Crippen LogP contribution in [0.2, 0.25) is 0 Å². The second-order valence-corrected chi connectivity index (χ2v) is 5.92. The summed E-state index contributed by atoms with van der Waals surface area (Å²) in [6.07, 6.45) is 5.68. The zero-order valence-corrected chi connectivity index (χ0v) is 14.3. The molecule has 27 heavy (non-hydrogen) atoms. The molecule has 1 N–H and O–H groups in total. The zero-order chi connectivity index (χ0) is 19.2. The summed E-state index contributed by atoms with van der Waals surface area (Å²) in [6.45, 7) is 0. The van der Waals surface area contributed by atoms with Crippen molar-refractivity contribution >= 4 is 34.7 Å². The van der Waals surface area contributed by atoms with Gasteiger partial charge in [-0.1, -0.05) is 30.4 Å². The fourth-order valence-electron chi connectivity index (χ4n) is 2.45. The van der Waals surface area contributed by atoms with Gasteiger partial charge in [-0.25, -0.2) is 4.79 Å². The van der Waals surface area contributed by atoms with Gasteiger partial charge in [0, 0.05) is 11.5 Å². The number of phenols is 1. The molecule has 0 unspecified atom stereocenters. The number of aromatic hydroxyl groups is 1. The number of allylic oxidation sites excluding steroid dienone is 2. The van der Waals surface area contributed by atoms with E-state index in [1.54, 1.807) is 48.6 Å². The predicted octanol–water partition coefficient (Wildman–Crippen LogP) is 3.75. The van der Waals surface area contributed by atoms with Crippen molar-refractivity contribution in [1.82, 2.24) is 0 Å². The molecule has 134 valence electrons. The molecule has 3 aromatic rings. The van der Waals surface area contributed by atoms with E-state index in [0.29, 0.717) is 5.58 Å². The minimum atomic E-state index is -0.417. The van der Waals surface area contributed by atoms with Gasteiger partial charge in [-0.3, -0.25) is 9.59 Å². The molecule has 5 nitrogen and oxygen atoms in total. The highest BCUT2D eigenvalue weighted by Crippen LogP contribution is 2.15. The van der Waals surface area contributed by atoms with E-state index >= 15 is 0 Å². The van der Waals surface area contributed by atoms with Crippen LogP contribution in [0.3, 0.4) is 0 Å². The molecule has 0 aliphatic rings. The molecule has 0 spiro atoms. The fourth-order valence-corrected chi connectivity index (χ4v) is 2.45. The number of hydrogen-bond donors (Lipinski definition) is 1. The molecular formula is C22H16O5. The lowest BCUT2D eigenvalue weighted by Gasteiger charge is -1.98. The Bertz CT molecular complexity index is 1100. The van der Waals surface area contributed by atoms with Crippen molar-refractivity contribution in [2.75, 3.05) is 0 Å². The molecule has 2 aromatic carbocycles. The van der Waals surface area contributed by atoms with E-state index in [9.17, 15) is 19.5 Å². The van der Waals surface area contributed by atoms with Crippen molar-refractivity contribution in [1.29, 1.82) is 0 Å². The predicted molar refractivity (Wildman–Crippen MR) is 103 cm³/mol. The minimum Gasteiger partial charge on any atom is -0.508 e. The highest BCUT2D eigenvalue weighted by molar-refractivity contribution is 6.10. The van der Waals surface area contributed by atoms with Crippen LogP contribution in [0.25, 0.3) is 23.1 Å². The van der Waals surface area contributed by atoms with Crippen molar-refractivity contribution in [3.8, 4) is 5.75 Å². The SMILES string of the molecule is O=C(/C=C/c1ccc(O)cc1)CC(=O)/C=C/c1ccc2oc(=O)ccc2c1. The summed E-state index contributed by atoms with van der Waals surface area (Å²) in [6, 6.07) is 14.5. The Labute approximate surface area is 154 Å². The fraction of sp³-hybridized carbons (Fsp3) is 0.0455. The summed E-state index contributed by atoms with van der Waals surface area (Å²) >= 11 is 0. The van der Waals surface area contributed by atoms with Gasteiger partial charge in [-0.05, 0) is 53.6 Å². The molecule has 5 heteroatoms. The molecule has 0 radical (unpaired) electrons. The standard InChI is InChI=1S/C22H16O5/c23-18-7-1-15(2-8-18)3-9-19(24)14-20(25)10-4-16-5-11-21-17(13-16)6-12-22(26)27-21/h1-13,23H,14H2/b9-3+,10-4+. The first kappa shape index (κ1) is 18.1. The third-order valence-electron chi connectivity index (χ3n) is 3.81. The van der Waals surface area contributed by atoms with E-state index in [1.807, 2.05) is 0 Å². The molecule has 0 saturated carbocycles. The van der Waals surface area contributed by atoms with Gasteiger partial charge in [-0.15, -0.1) is 0 Å². The monoisotopic (exact) mass is 360 g/mol. The molecule has 0 amide bonds. The summed E-state index contributed by atoms with van der Waals surface area (Å²) in [4.78, 5) is 35.0. The number of hydrogen-bond acceptors (Lipinski definition) is 5. The Morgan fingerprint density at radius 3 is 2.19 bits per heavy atom. The maximum Gasteiger partial charge on any atom is 0.336 e. The van der Waals surface area contributed by atoms with Gasteiger partial charge in [0.05, 0.1) is 6.42 Å². The molecule has 0 aliphatic carbocycles. The van der Waals surface area contributed by atoms with Gasteiger partial charge < -0.3 is 9.52 Å². The molecular weight excluding hydrogens is 344 g/mol. The summed E-state index contributed by atoms with van der Waals surface area (Å²) in [7, 11) is 0. The van der Waals surface area contributed by atoms with Crippen LogP contribution in [-0.2, 0) is 9.59 Å². The molecule has 0 atom stereocenters. The third kappa shape index (κ3) is 5.12. The van der Waals surface area contributed by atoms with E-state index in [2.05, 4.69) is 0 Å². The summed E-state index contributed by atoms with van der Waals surface area (Å²) in [5.74, 6) is -0.470. The van der Waals surface area contributed by atoms with Gasteiger partial charge in [0.25, 0.3) is 0 Å². The molecule has 0 bridgehead atoms. The summed E-state index contributed by atoms with van der Waals surface area (Å²) in [5, 5.41) is 9.96. The molecule has 0 aliphatic heterocycles. The topological polar surface area (TPSA) is 84.6 Å². The average Bonchev–Trinajstić information content (AvgIpc) is 2.66. The normalized spacial score (nSPS) is 11.4. The summed E-state index contributed by atoms with van der Waals surface area (Å²) < 4.78 is 5.05. The molecule has 1 aromatic heterocycles. The molecule has 0 fully saturated rings. The Hall–Kier alpha value is -3.73. The van der Waals surface area contributed by atoms with Crippen molar-refractivity contribution < 1.29 is 19.1 Å². The first-order valence-electron chi connectivity index (χ1n) is 8.24. The molecule has 0 saturated heterocycles. The second kappa shape index (κ2) is 8.10. The Kier molecular flexibility index (Phi) is 5.42. The van der Waals surface area contributed by atoms with Crippen LogP contribution in [-0.4, -0.2) is 16.7 Å². The number of rotatable bonds is 6. The number of carbonyl (C=O) groups excluding carboxylic acids is 2. The average molecular weight is 360 g/mol. The third-order valence-corrected chi connectivity index (χ3v) is 3.81. The number of phenolic OH excluding ortho intramolecular Hbond substituents is 1. The maximum absolute atomic E-state index is 12.0. The quantitative estimate of drug-likeness (QED) is 0.411. The van der Waals surface area contributed by atoms with E-state index in [0.717, 1.165) is 16.5 Å². The van der Waals surface area contributed by atoms with E-state index in [-0.39, 0.29) is 23.7 Å². The zero-order valence-electron chi connectivity index (χ0n) is 14.3. The number of benzene rings is 2. The highest BCUT2D eigenvalue weighted by Gasteiger charge is 2.04. The summed E-state index contributed by atoms with van der Waals surface area (Å²) in [5.41, 5.74) is 1.57. The van der Waals surface area contributed by atoms with E-state index in [4.69, 9.17) is 4.42 Å².